The lowest BCUT2D eigenvalue weighted by atomic mass is 10.1. The van der Waals surface area contributed by atoms with Crippen molar-refractivity contribution >= 4 is 15.9 Å². The zero-order valence-corrected chi connectivity index (χ0v) is 12.2. The van der Waals surface area contributed by atoms with Crippen molar-refractivity contribution < 1.29 is 9.84 Å². The summed E-state index contributed by atoms with van der Waals surface area (Å²) in [6, 6.07) is 6.16. The number of aliphatic hydroxyl groups is 1. The average Bonchev–Trinajstić information content (AvgIpc) is 2.71. The molecule has 1 aromatic carbocycles. The molecule has 0 amide bonds. The Morgan fingerprint density at radius 1 is 1.56 bits per heavy atom. The van der Waals surface area contributed by atoms with Crippen LogP contribution >= 0.6 is 15.9 Å². The highest BCUT2D eigenvalue weighted by molar-refractivity contribution is 9.10. The minimum atomic E-state index is 0.232. The fourth-order valence-corrected chi connectivity index (χ4v) is 2.62. The molecule has 2 N–H and O–H groups in total. The van der Waals surface area contributed by atoms with Gasteiger partial charge in [0.25, 0.3) is 0 Å². The number of hydrogen-bond donors (Lipinski definition) is 2. The molecule has 1 aliphatic heterocycles. The van der Waals surface area contributed by atoms with Gasteiger partial charge in [0.15, 0.2) is 0 Å². The van der Waals surface area contributed by atoms with Crippen LogP contribution in [0.4, 0.5) is 0 Å². The second-order valence-electron chi connectivity index (χ2n) is 4.97. The maximum Gasteiger partial charge on any atom is 0.123 e. The van der Waals surface area contributed by atoms with Gasteiger partial charge in [0.1, 0.15) is 11.9 Å². The number of ether oxygens (including phenoxy) is 1. The fraction of sp³-hybridized carbons (Fsp3) is 0.571. The molecule has 0 aromatic heterocycles. The largest absolute Gasteiger partial charge is 0.488 e. The maximum atomic E-state index is 8.83. The highest BCUT2D eigenvalue weighted by Crippen LogP contribution is 2.30. The molecule has 4 heteroatoms. The van der Waals surface area contributed by atoms with Crippen LogP contribution in [0.15, 0.2) is 22.7 Å². The first-order chi connectivity index (χ1) is 8.69. The molecule has 0 bridgehead atoms. The summed E-state index contributed by atoms with van der Waals surface area (Å²) in [6.45, 7) is 4.20. The number of fused-ring (bicyclic) bond motifs is 1. The zero-order valence-electron chi connectivity index (χ0n) is 10.7. The molecule has 1 aromatic rings. The van der Waals surface area contributed by atoms with Crippen molar-refractivity contribution in [1.82, 2.24) is 5.32 Å². The van der Waals surface area contributed by atoms with Crippen molar-refractivity contribution in [2.75, 3.05) is 19.7 Å². The van der Waals surface area contributed by atoms with E-state index in [2.05, 4.69) is 34.2 Å². The summed E-state index contributed by atoms with van der Waals surface area (Å²) in [6.07, 6.45) is 2.05. The number of hydrogen-bond acceptors (Lipinski definition) is 3. The van der Waals surface area contributed by atoms with E-state index in [1.54, 1.807) is 0 Å². The van der Waals surface area contributed by atoms with E-state index in [0.29, 0.717) is 5.92 Å². The van der Waals surface area contributed by atoms with E-state index >= 15 is 0 Å². The molecule has 18 heavy (non-hydrogen) atoms. The lowest BCUT2D eigenvalue weighted by Gasteiger charge is -2.14. The summed E-state index contributed by atoms with van der Waals surface area (Å²) in [5, 5.41) is 12.2. The number of halogens is 1. The van der Waals surface area contributed by atoms with Crippen LogP contribution < -0.4 is 10.1 Å². The van der Waals surface area contributed by atoms with Gasteiger partial charge in [-0.3, -0.25) is 0 Å². The second kappa shape index (κ2) is 6.55. The van der Waals surface area contributed by atoms with E-state index in [1.165, 1.54) is 5.56 Å². The summed E-state index contributed by atoms with van der Waals surface area (Å²) in [5.41, 5.74) is 1.28. The van der Waals surface area contributed by atoms with E-state index in [9.17, 15) is 0 Å². The van der Waals surface area contributed by atoms with Gasteiger partial charge in [-0.25, -0.2) is 0 Å². The molecule has 2 rings (SSSR count). The number of benzene rings is 1. The molecule has 1 aliphatic rings. The Labute approximate surface area is 117 Å². The molecule has 0 spiro atoms. The molecule has 1 heterocycles. The minimum absolute atomic E-state index is 0.232. The van der Waals surface area contributed by atoms with Crippen LogP contribution in [0.25, 0.3) is 0 Å². The first kappa shape index (κ1) is 13.8. The molecule has 3 nitrogen and oxygen atoms in total. The lowest BCUT2D eigenvalue weighted by molar-refractivity contribution is 0.220. The fourth-order valence-electron chi connectivity index (χ4n) is 2.22. The summed E-state index contributed by atoms with van der Waals surface area (Å²) in [4.78, 5) is 0. The topological polar surface area (TPSA) is 41.5 Å². The third kappa shape index (κ3) is 3.70. The standard InChI is InChI=1S/C14H20BrNO2/c1-10(4-5-17)8-16-9-13-7-11-6-12(15)2-3-14(11)18-13/h2-3,6,10,13,16-17H,4-5,7-9H2,1H3. The smallest absolute Gasteiger partial charge is 0.123 e. The van der Waals surface area contributed by atoms with E-state index < -0.39 is 0 Å². The van der Waals surface area contributed by atoms with Crippen molar-refractivity contribution in [1.29, 1.82) is 0 Å². The highest BCUT2D eigenvalue weighted by Gasteiger charge is 2.22. The SMILES string of the molecule is CC(CCO)CNCC1Cc2cc(Br)ccc2O1. The Morgan fingerprint density at radius 3 is 3.17 bits per heavy atom. The van der Waals surface area contributed by atoms with Crippen LogP contribution in [0.3, 0.4) is 0 Å². The van der Waals surface area contributed by atoms with Crippen LogP contribution in [0.2, 0.25) is 0 Å². The maximum absolute atomic E-state index is 8.83. The number of rotatable bonds is 6. The van der Waals surface area contributed by atoms with E-state index in [4.69, 9.17) is 9.84 Å². The molecule has 0 aliphatic carbocycles. The lowest BCUT2D eigenvalue weighted by Crippen LogP contribution is -2.33. The van der Waals surface area contributed by atoms with Crippen molar-refractivity contribution in [3.63, 3.8) is 0 Å². The molecule has 2 unspecified atom stereocenters. The molecular formula is C14H20BrNO2. The van der Waals surface area contributed by atoms with Gasteiger partial charge in [0.2, 0.25) is 0 Å². The normalized spacial score (nSPS) is 19.4. The quantitative estimate of drug-likeness (QED) is 0.847. The number of nitrogens with one attached hydrogen (secondary N) is 1. The zero-order chi connectivity index (χ0) is 13.0. The average molecular weight is 314 g/mol. The van der Waals surface area contributed by atoms with Gasteiger partial charge in [0.05, 0.1) is 0 Å². The summed E-state index contributed by atoms with van der Waals surface area (Å²) in [7, 11) is 0. The molecule has 0 fully saturated rings. The Morgan fingerprint density at radius 2 is 2.39 bits per heavy atom. The van der Waals surface area contributed by atoms with Gasteiger partial charge in [-0.05, 0) is 42.6 Å². The van der Waals surface area contributed by atoms with Gasteiger partial charge in [-0.2, -0.15) is 0 Å². The summed E-state index contributed by atoms with van der Waals surface area (Å²) >= 11 is 3.48. The van der Waals surface area contributed by atoms with Gasteiger partial charge in [-0.15, -0.1) is 0 Å². The molecule has 100 valence electrons. The predicted molar refractivity (Wildman–Crippen MR) is 76.0 cm³/mol. The van der Waals surface area contributed by atoms with Gasteiger partial charge in [-0.1, -0.05) is 22.9 Å². The Hall–Kier alpha value is -0.580. The molecule has 0 saturated heterocycles. The summed E-state index contributed by atoms with van der Waals surface area (Å²) in [5.74, 6) is 1.52. The third-order valence-electron chi connectivity index (χ3n) is 3.25. The number of aliphatic hydroxyl groups excluding tert-OH is 1. The molecule has 0 saturated carbocycles. The molecule has 0 radical (unpaired) electrons. The van der Waals surface area contributed by atoms with Gasteiger partial charge >= 0.3 is 0 Å². The van der Waals surface area contributed by atoms with Crippen LogP contribution in [0, 0.1) is 5.92 Å². The van der Waals surface area contributed by atoms with E-state index in [-0.39, 0.29) is 12.7 Å². The second-order valence-corrected chi connectivity index (χ2v) is 5.89. The highest BCUT2D eigenvalue weighted by atomic mass is 79.9. The Balaban J connectivity index is 1.74. The minimum Gasteiger partial charge on any atom is -0.488 e. The third-order valence-corrected chi connectivity index (χ3v) is 3.74. The first-order valence-corrected chi connectivity index (χ1v) is 7.25. The van der Waals surface area contributed by atoms with E-state index in [1.807, 2.05) is 12.1 Å². The molecular weight excluding hydrogens is 294 g/mol. The summed E-state index contributed by atoms with van der Waals surface area (Å²) < 4.78 is 6.98. The van der Waals surface area contributed by atoms with Gasteiger partial charge in [0, 0.05) is 24.0 Å². The van der Waals surface area contributed by atoms with Crippen molar-refractivity contribution in [3.05, 3.63) is 28.2 Å². The van der Waals surface area contributed by atoms with Crippen molar-refractivity contribution in [3.8, 4) is 5.75 Å². The van der Waals surface area contributed by atoms with Crippen LogP contribution in [0.1, 0.15) is 18.9 Å². The van der Waals surface area contributed by atoms with Crippen LogP contribution in [-0.2, 0) is 6.42 Å². The van der Waals surface area contributed by atoms with Crippen molar-refractivity contribution in [2.24, 2.45) is 5.92 Å². The van der Waals surface area contributed by atoms with Crippen LogP contribution in [0.5, 0.6) is 5.75 Å². The monoisotopic (exact) mass is 313 g/mol. The van der Waals surface area contributed by atoms with E-state index in [0.717, 1.165) is 36.2 Å². The first-order valence-electron chi connectivity index (χ1n) is 6.45. The van der Waals surface area contributed by atoms with Gasteiger partial charge < -0.3 is 15.2 Å². The predicted octanol–water partition coefficient (Wildman–Crippen LogP) is 2.36. The molecule has 2 atom stereocenters. The Bertz CT molecular complexity index is 397. The van der Waals surface area contributed by atoms with Crippen LogP contribution in [-0.4, -0.2) is 30.9 Å². The van der Waals surface area contributed by atoms with Crippen molar-refractivity contribution in [2.45, 2.75) is 25.9 Å². The Kier molecular flexibility index (Phi) is 5.03.